The van der Waals surface area contributed by atoms with Crippen LogP contribution in [0.5, 0.6) is 5.88 Å². The minimum atomic E-state index is -0.964. The monoisotopic (exact) mass is 397 g/mol. The summed E-state index contributed by atoms with van der Waals surface area (Å²) in [6, 6.07) is 7.79. The number of benzene rings is 1. The van der Waals surface area contributed by atoms with Crippen LogP contribution in [0.25, 0.3) is 6.08 Å². The van der Waals surface area contributed by atoms with Crippen molar-refractivity contribution in [3.63, 3.8) is 0 Å². The van der Waals surface area contributed by atoms with Crippen LogP contribution >= 0.6 is 0 Å². The first-order valence-electron chi connectivity index (χ1n) is 9.33. The lowest BCUT2D eigenvalue weighted by atomic mass is 9.97. The molecule has 9 heteroatoms. The maximum absolute atomic E-state index is 10.6. The van der Waals surface area contributed by atoms with Crippen molar-refractivity contribution < 1.29 is 19.4 Å². The molecule has 2 aliphatic heterocycles. The third kappa shape index (κ3) is 4.30. The normalized spacial score (nSPS) is 21.8. The fourth-order valence-electron chi connectivity index (χ4n) is 3.76. The highest BCUT2D eigenvalue weighted by Crippen LogP contribution is 2.38. The van der Waals surface area contributed by atoms with Crippen LogP contribution in [0.1, 0.15) is 16.7 Å². The Hall–Kier alpha value is -3.17. The third-order valence-electron chi connectivity index (χ3n) is 5.06. The van der Waals surface area contributed by atoms with Crippen molar-refractivity contribution in [3.8, 4) is 5.88 Å². The largest absolute Gasteiger partial charge is 0.478 e. The van der Waals surface area contributed by atoms with E-state index in [0.717, 1.165) is 35.9 Å². The zero-order chi connectivity index (χ0) is 20.4. The van der Waals surface area contributed by atoms with Gasteiger partial charge in [0.05, 0.1) is 18.8 Å². The molecule has 4 rings (SSSR count). The van der Waals surface area contributed by atoms with E-state index in [9.17, 15) is 4.79 Å². The van der Waals surface area contributed by atoms with Gasteiger partial charge in [-0.3, -0.25) is 4.90 Å². The lowest BCUT2D eigenvalue weighted by molar-refractivity contribution is -0.131. The molecule has 2 aromatic rings. The number of aliphatic carboxylic acids is 1. The highest BCUT2D eigenvalue weighted by molar-refractivity contribution is 5.85. The molecule has 0 aliphatic carbocycles. The van der Waals surface area contributed by atoms with E-state index in [1.54, 1.807) is 6.08 Å². The highest BCUT2D eigenvalue weighted by atomic mass is 16.6. The number of anilines is 2. The molecule has 1 aromatic heterocycles. The second-order valence-electron chi connectivity index (χ2n) is 7.39. The number of nitrogens with zero attached hydrogens (tertiary/aromatic N) is 3. The number of ether oxygens (including phenoxy) is 2. The molecule has 1 spiro atoms. The molecule has 5 N–H and O–H groups in total. The lowest BCUT2D eigenvalue weighted by Gasteiger charge is -2.31. The molecular formula is C20H23N5O4. The molecule has 0 saturated carbocycles. The van der Waals surface area contributed by atoms with Gasteiger partial charge in [0.1, 0.15) is 5.82 Å². The topological polar surface area (TPSA) is 137 Å². The van der Waals surface area contributed by atoms with Crippen LogP contribution in [0.2, 0.25) is 0 Å². The third-order valence-corrected chi connectivity index (χ3v) is 5.06. The summed E-state index contributed by atoms with van der Waals surface area (Å²) in [6.45, 7) is 3.19. The van der Waals surface area contributed by atoms with E-state index in [1.165, 1.54) is 0 Å². The van der Waals surface area contributed by atoms with Gasteiger partial charge in [-0.1, -0.05) is 24.3 Å². The Bertz CT molecular complexity index is 947. The molecule has 1 atom stereocenters. The molecule has 9 nitrogen and oxygen atoms in total. The number of nitrogens with two attached hydrogens (primary N) is 2. The van der Waals surface area contributed by atoms with Gasteiger partial charge in [0, 0.05) is 32.1 Å². The highest BCUT2D eigenvalue weighted by Gasteiger charge is 2.44. The van der Waals surface area contributed by atoms with E-state index in [1.807, 2.05) is 24.3 Å². The number of hydrogen-bond donors (Lipinski definition) is 3. The van der Waals surface area contributed by atoms with Crippen LogP contribution in [0, 0.1) is 0 Å². The smallest absolute Gasteiger partial charge is 0.328 e. The van der Waals surface area contributed by atoms with Crippen LogP contribution in [-0.4, -0.2) is 57.8 Å². The second-order valence-corrected chi connectivity index (χ2v) is 7.39. The SMILES string of the molecule is Nc1nc(N)c2c(n1)OC1(COCCN(Cc3ccc(C=CC(=O)O)cc3)C1)C2. The van der Waals surface area contributed by atoms with E-state index in [4.69, 9.17) is 26.0 Å². The lowest BCUT2D eigenvalue weighted by Crippen LogP contribution is -2.48. The summed E-state index contributed by atoms with van der Waals surface area (Å²) in [4.78, 5) is 21.1. The van der Waals surface area contributed by atoms with Gasteiger partial charge >= 0.3 is 5.97 Å². The average Bonchev–Trinajstić information content (AvgIpc) is 2.91. The van der Waals surface area contributed by atoms with Gasteiger partial charge in [-0.15, -0.1) is 0 Å². The van der Waals surface area contributed by atoms with Crippen LogP contribution < -0.4 is 16.2 Å². The zero-order valence-electron chi connectivity index (χ0n) is 15.9. The minimum Gasteiger partial charge on any atom is -0.478 e. The fraction of sp³-hybridized carbons (Fsp3) is 0.350. The van der Waals surface area contributed by atoms with Gasteiger partial charge in [0.2, 0.25) is 11.8 Å². The molecule has 0 amide bonds. The second kappa shape index (κ2) is 7.69. The summed E-state index contributed by atoms with van der Waals surface area (Å²) < 4.78 is 12.0. The van der Waals surface area contributed by atoms with Crippen LogP contribution in [-0.2, 0) is 22.5 Å². The first-order chi connectivity index (χ1) is 13.9. The number of carboxylic acids is 1. The maximum Gasteiger partial charge on any atom is 0.328 e. The summed E-state index contributed by atoms with van der Waals surface area (Å²) in [6.07, 6.45) is 3.27. The van der Waals surface area contributed by atoms with E-state index >= 15 is 0 Å². The van der Waals surface area contributed by atoms with Gasteiger partial charge in [0.15, 0.2) is 5.60 Å². The number of hydrogen-bond acceptors (Lipinski definition) is 8. The molecule has 0 radical (unpaired) electrons. The number of fused-ring (bicyclic) bond motifs is 1. The van der Waals surface area contributed by atoms with Gasteiger partial charge < -0.3 is 26.0 Å². The number of nitrogen functional groups attached to an aromatic ring is 2. The molecule has 1 fully saturated rings. The van der Waals surface area contributed by atoms with Crippen molar-refractivity contribution in [2.45, 2.75) is 18.6 Å². The van der Waals surface area contributed by atoms with Gasteiger partial charge in [-0.25, -0.2) is 4.79 Å². The molecule has 152 valence electrons. The Balaban J connectivity index is 1.47. The van der Waals surface area contributed by atoms with Crippen molar-refractivity contribution in [2.24, 2.45) is 0 Å². The Morgan fingerprint density at radius 2 is 2.07 bits per heavy atom. The molecule has 3 heterocycles. The Labute approximate surface area is 167 Å². The summed E-state index contributed by atoms with van der Waals surface area (Å²) >= 11 is 0. The maximum atomic E-state index is 10.6. The molecule has 1 saturated heterocycles. The van der Waals surface area contributed by atoms with Crippen molar-refractivity contribution in [3.05, 3.63) is 47.0 Å². The van der Waals surface area contributed by atoms with E-state index in [-0.39, 0.29) is 5.95 Å². The van der Waals surface area contributed by atoms with E-state index in [2.05, 4.69) is 14.9 Å². The molecule has 1 unspecified atom stereocenters. The Morgan fingerprint density at radius 1 is 1.28 bits per heavy atom. The number of carbonyl (C=O) groups is 1. The van der Waals surface area contributed by atoms with Crippen molar-refractivity contribution in [1.82, 2.24) is 14.9 Å². The summed E-state index contributed by atoms with van der Waals surface area (Å²) in [5.74, 6) is -0.0736. The summed E-state index contributed by atoms with van der Waals surface area (Å²) in [5, 5.41) is 8.73. The number of aromatic nitrogens is 2. The van der Waals surface area contributed by atoms with Crippen molar-refractivity contribution in [1.29, 1.82) is 0 Å². The van der Waals surface area contributed by atoms with Gasteiger partial charge in [-0.2, -0.15) is 9.97 Å². The standard InChI is InChI=1S/C20H23N5O4/c21-17-15-9-20(29-18(15)24-19(22)23-17)11-25(7-8-28-12-20)10-14-3-1-13(2-4-14)5-6-16(26)27/h1-6H,7-12H2,(H,26,27)(H4,21,22,23,24). The van der Waals surface area contributed by atoms with Crippen LogP contribution in [0.4, 0.5) is 11.8 Å². The molecule has 1 aromatic carbocycles. The average molecular weight is 397 g/mol. The van der Waals surface area contributed by atoms with E-state index < -0.39 is 11.6 Å². The Kier molecular flexibility index (Phi) is 5.08. The minimum absolute atomic E-state index is 0.0988. The fourth-order valence-corrected chi connectivity index (χ4v) is 3.76. The molecule has 29 heavy (non-hydrogen) atoms. The zero-order valence-corrected chi connectivity index (χ0v) is 15.9. The van der Waals surface area contributed by atoms with E-state index in [0.29, 0.717) is 37.9 Å². The van der Waals surface area contributed by atoms with Crippen molar-refractivity contribution >= 4 is 23.8 Å². The van der Waals surface area contributed by atoms with Crippen LogP contribution in [0.15, 0.2) is 30.3 Å². The molecule has 2 aliphatic rings. The molecular weight excluding hydrogens is 374 g/mol. The first-order valence-corrected chi connectivity index (χ1v) is 9.33. The summed E-state index contributed by atoms with van der Waals surface area (Å²) in [5.41, 5.74) is 13.9. The molecule has 0 bridgehead atoms. The van der Waals surface area contributed by atoms with Crippen molar-refractivity contribution in [2.75, 3.05) is 37.8 Å². The summed E-state index contributed by atoms with van der Waals surface area (Å²) in [7, 11) is 0. The van der Waals surface area contributed by atoms with Crippen LogP contribution in [0.3, 0.4) is 0 Å². The number of rotatable bonds is 4. The predicted molar refractivity (Wildman–Crippen MR) is 107 cm³/mol. The predicted octanol–water partition coefficient (Wildman–Crippen LogP) is 0.945. The van der Waals surface area contributed by atoms with Gasteiger partial charge in [0.25, 0.3) is 0 Å². The van der Waals surface area contributed by atoms with Gasteiger partial charge in [-0.05, 0) is 17.2 Å². The Morgan fingerprint density at radius 3 is 2.83 bits per heavy atom. The number of carboxylic acid groups (broad SMARTS) is 1. The first kappa shape index (κ1) is 19.2. The quantitative estimate of drug-likeness (QED) is 0.644.